The third kappa shape index (κ3) is 2.71. The largest absolute Gasteiger partial charge is 0.274 e. The molecule has 0 radical (unpaired) electrons. The van der Waals surface area contributed by atoms with E-state index in [-0.39, 0.29) is 90.4 Å². The maximum absolute atomic E-state index is 13.3. The number of hydrogen-bond acceptors (Lipinski definition) is 5. The van der Waals surface area contributed by atoms with Crippen LogP contribution in [-0.2, 0) is 19.2 Å². The third-order valence-electron chi connectivity index (χ3n) is 9.86. The van der Waals surface area contributed by atoms with Crippen molar-refractivity contribution in [3.63, 3.8) is 0 Å². The van der Waals surface area contributed by atoms with E-state index in [4.69, 9.17) is 0 Å². The smallest absolute Gasteiger partial charge is 0.234 e. The Morgan fingerprint density at radius 2 is 0.970 bits per heavy atom. The van der Waals surface area contributed by atoms with Gasteiger partial charge in [-0.25, -0.2) is 0 Å². The average Bonchev–Trinajstić information content (AvgIpc) is 3.66. The Morgan fingerprint density at radius 3 is 1.33 bits per heavy atom. The van der Waals surface area contributed by atoms with Crippen molar-refractivity contribution >= 4 is 23.6 Å². The van der Waals surface area contributed by atoms with Crippen LogP contribution in [0.2, 0.25) is 0 Å². The summed E-state index contributed by atoms with van der Waals surface area (Å²) in [4.78, 5) is 58.3. The van der Waals surface area contributed by atoms with Crippen molar-refractivity contribution in [2.24, 2.45) is 47.3 Å². The van der Waals surface area contributed by atoms with E-state index in [1.165, 1.54) is 16.2 Å². The summed E-state index contributed by atoms with van der Waals surface area (Å²) in [6.07, 6.45) is 15.6. The molecule has 0 aromatic rings. The van der Waals surface area contributed by atoms with Gasteiger partial charge >= 0.3 is 0 Å². The summed E-state index contributed by atoms with van der Waals surface area (Å²) in [5, 5.41) is 0. The fraction of sp³-hybridized carbons (Fsp3) is 0.692. The molecule has 33 heavy (non-hydrogen) atoms. The number of nitrogens with zero attached hydrogens (tertiary/aromatic N) is 3. The van der Waals surface area contributed by atoms with E-state index in [1.54, 1.807) is 0 Å². The normalized spacial score (nSPS) is 43.2. The van der Waals surface area contributed by atoms with E-state index in [0.717, 1.165) is 38.5 Å². The van der Waals surface area contributed by atoms with Crippen LogP contribution in [0.4, 0.5) is 0 Å². The minimum atomic E-state index is -0.211. The summed E-state index contributed by atoms with van der Waals surface area (Å²) in [7, 11) is 0. The van der Waals surface area contributed by atoms with E-state index in [1.807, 2.05) is 0 Å². The number of imide groups is 2. The molecular weight excluding hydrogens is 418 g/mol. The quantitative estimate of drug-likeness (QED) is 0.475. The van der Waals surface area contributed by atoms with Gasteiger partial charge in [-0.1, -0.05) is 43.6 Å². The van der Waals surface area contributed by atoms with E-state index in [9.17, 15) is 19.2 Å². The Morgan fingerprint density at radius 1 is 0.606 bits per heavy atom. The molecule has 7 rings (SSSR count). The highest BCUT2D eigenvalue weighted by Crippen LogP contribution is 2.54. The van der Waals surface area contributed by atoms with Gasteiger partial charge in [0, 0.05) is 6.04 Å². The molecule has 8 atom stereocenters. The molecule has 0 N–H and O–H groups in total. The highest BCUT2D eigenvalue weighted by molar-refractivity contribution is 6.07. The van der Waals surface area contributed by atoms with Gasteiger partial charge in [0.05, 0.1) is 37.0 Å². The molecule has 0 spiro atoms. The Labute approximate surface area is 193 Å². The first kappa shape index (κ1) is 20.1. The fourth-order valence-electron chi connectivity index (χ4n) is 8.29. The van der Waals surface area contributed by atoms with Gasteiger partial charge in [-0.15, -0.1) is 0 Å². The first-order valence-corrected chi connectivity index (χ1v) is 12.8. The molecule has 7 nitrogen and oxygen atoms in total. The summed E-state index contributed by atoms with van der Waals surface area (Å²) in [5.41, 5.74) is 0. The van der Waals surface area contributed by atoms with E-state index in [0.29, 0.717) is 0 Å². The number of carbonyl (C=O) groups is 4. The second kappa shape index (κ2) is 7.11. The molecule has 0 aromatic carbocycles. The van der Waals surface area contributed by atoms with Crippen LogP contribution in [0.3, 0.4) is 0 Å². The molecule has 5 fully saturated rings. The van der Waals surface area contributed by atoms with Crippen LogP contribution in [0.15, 0.2) is 24.3 Å². The number of fused-ring (bicyclic) bond motifs is 10. The number of likely N-dealkylation sites (tertiary alicyclic amines) is 2. The minimum Gasteiger partial charge on any atom is -0.274 e. The van der Waals surface area contributed by atoms with Crippen molar-refractivity contribution in [2.45, 2.75) is 51.0 Å². The van der Waals surface area contributed by atoms with Gasteiger partial charge in [-0.2, -0.15) is 0 Å². The summed E-state index contributed by atoms with van der Waals surface area (Å²) in [6.45, 7) is 0.401. The van der Waals surface area contributed by atoms with E-state index >= 15 is 0 Å². The third-order valence-corrected chi connectivity index (χ3v) is 9.86. The lowest BCUT2D eigenvalue weighted by molar-refractivity contribution is -0.147. The van der Waals surface area contributed by atoms with E-state index < -0.39 is 0 Å². The van der Waals surface area contributed by atoms with Crippen molar-refractivity contribution < 1.29 is 19.2 Å². The summed E-state index contributed by atoms with van der Waals surface area (Å²) < 4.78 is 0. The molecule has 0 unspecified atom stereocenters. The van der Waals surface area contributed by atoms with Crippen molar-refractivity contribution in [2.75, 3.05) is 13.3 Å². The van der Waals surface area contributed by atoms with Gasteiger partial charge in [0.25, 0.3) is 0 Å². The molecule has 7 heteroatoms. The van der Waals surface area contributed by atoms with Crippen LogP contribution in [0.1, 0.15) is 44.9 Å². The Balaban J connectivity index is 1.14. The zero-order valence-corrected chi connectivity index (χ0v) is 18.8. The zero-order chi connectivity index (χ0) is 22.4. The molecule has 174 valence electrons. The van der Waals surface area contributed by atoms with E-state index in [2.05, 4.69) is 29.2 Å². The predicted molar refractivity (Wildman–Crippen MR) is 118 cm³/mol. The van der Waals surface area contributed by atoms with Crippen LogP contribution in [-0.4, -0.2) is 57.7 Å². The first-order chi connectivity index (χ1) is 16.0. The minimum absolute atomic E-state index is 0.0548. The molecule has 4 amide bonds. The molecule has 0 aromatic heterocycles. The van der Waals surface area contributed by atoms with Crippen molar-refractivity contribution in [1.82, 2.24) is 14.7 Å². The number of hydrogen-bond donors (Lipinski definition) is 0. The first-order valence-electron chi connectivity index (χ1n) is 12.8. The second-order valence-electron chi connectivity index (χ2n) is 11.4. The SMILES string of the molecule is O=C1[C@H]2[C@H](C(=O)N1CN(CN1C(=O)[C@H]3[C@H](C1=O)[C@H]1C=C[C@H]3C1)C1CCCCC1)[C@H]1C=C[C@H]2C1. The monoisotopic (exact) mass is 449 g/mol. The molecule has 2 saturated heterocycles. The van der Waals surface area contributed by atoms with Crippen LogP contribution >= 0.6 is 0 Å². The van der Waals surface area contributed by atoms with Crippen LogP contribution in [0.5, 0.6) is 0 Å². The number of carbonyl (C=O) groups excluding carboxylic acids is 4. The maximum Gasteiger partial charge on any atom is 0.234 e. The lowest BCUT2D eigenvalue weighted by Gasteiger charge is -2.38. The Hall–Kier alpha value is -2.28. The van der Waals surface area contributed by atoms with Crippen LogP contribution in [0, 0.1) is 47.3 Å². The summed E-state index contributed by atoms with van der Waals surface area (Å²) in [5.74, 6) is -0.310. The Bertz CT molecular complexity index is 867. The predicted octanol–water partition coefficient (Wildman–Crippen LogP) is 2.15. The van der Waals surface area contributed by atoms with Gasteiger partial charge in [0.15, 0.2) is 0 Å². The van der Waals surface area contributed by atoms with Gasteiger partial charge in [-0.3, -0.25) is 33.9 Å². The number of rotatable bonds is 5. The summed E-state index contributed by atoms with van der Waals surface area (Å²) >= 11 is 0. The van der Waals surface area contributed by atoms with Gasteiger partial charge in [-0.05, 0) is 49.4 Å². The Kier molecular flexibility index (Phi) is 4.34. The molecule has 7 aliphatic rings. The molecular formula is C26H31N3O4. The molecule has 4 bridgehead atoms. The number of allylic oxidation sites excluding steroid dienone is 4. The lowest BCUT2D eigenvalue weighted by atomic mass is 9.85. The fourth-order valence-corrected chi connectivity index (χ4v) is 8.29. The molecule has 3 saturated carbocycles. The molecule has 2 heterocycles. The standard InChI is InChI=1S/C26H31N3O4/c30-23-19-14-6-7-15(10-14)20(19)24(31)28(23)12-27(18-4-2-1-3-5-18)13-29-25(32)21-16-8-9-17(11-16)22(21)26(29)33/h6-9,14-22H,1-5,10-13H2/t14-,15-,16-,17-,19+,20+,21+,22+/m0/s1. The highest BCUT2D eigenvalue weighted by Gasteiger charge is 2.61. The topological polar surface area (TPSA) is 78.0 Å². The van der Waals surface area contributed by atoms with Gasteiger partial charge in [0.2, 0.25) is 23.6 Å². The zero-order valence-electron chi connectivity index (χ0n) is 18.8. The van der Waals surface area contributed by atoms with Crippen molar-refractivity contribution in [1.29, 1.82) is 0 Å². The number of amides is 4. The highest BCUT2D eigenvalue weighted by atomic mass is 16.2. The average molecular weight is 450 g/mol. The van der Waals surface area contributed by atoms with Gasteiger partial charge in [0.1, 0.15) is 0 Å². The van der Waals surface area contributed by atoms with Crippen LogP contribution < -0.4 is 0 Å². The molecule has 5 aliphatic carbocycles. The second-order valence-corrected chi connectivity index (χ2v) is 11.4. The maximum atomic E-state index is 13.3. The van der Waals surface area contributed by atoms with Crippen molar-refractivity contribution in [3.8, 4) is 0 Å². The molecule has 2 aliphatic heterocycles. The van der Waals surface area contributed by atoms with Crippen molar-refractivity contribution in [3.05, 3.63) is 24.3 Å². The lowest BCUT2D eigenvalue weighted by Crippen LogP contribution is -2.52. The van der Waals surface area contributed by atoms with Crippen LogP contribution in [0.25, 0.3) is 0 Å². The summed E-state index contributed by atoms with van der Waals surface area (Å²) in [6, 6.07) is 0.186. The van der Waals surface area contributed by atoms with Gasteiger partial charge < -0.3 is 0 Å².